The first kappa shape index (κ1) is 19.2. The molecule has 1 heterocycles. The van der Waals surface area contributed by atoms with Crippen molar-refractivity contribution in [3.8, 4) is 17.0 Å². The molecule has 0 saturated heterocycles. The summed E-state index contributed by atoms with van der Waals surface area (Å²) in [6, 6.07) is 13.9. The third-order valence-electron chi connectivity index (χ3n) is 5.38. The molecule has 0 unspecified atom stereocenters. The summed E-state index contributed by atoms with van der Waals surface area (Å²) in [5.41, 5.74) is 9.23. The fourth-order valence-electron chi connectivity index (χ4n) is 3.87. The van der Waals surface area contributed by atoms with Crippen LogP contribution < -0.4 is 15.8 Å². The molecule has 6 nitrogen and oxygen atoms in total. The number of anilines is 1. The van der Waals surface area contributed by atoms with Crippen LogP contribution in [-0.4, -0.2) is 28.5 Å². The van der Waals surface area contributed by atoms with Crippen molar-refractivity contribution in [2.45, 2.75) is 45.1 Å². The van der Waals surface area contributed by atoms with Crippen molar-refractivity contribution in [3.63, 3.8) is 0 Å². The van der Waals surface area contributed by atoms with Crippen molar-refractivity contribution in [2.75, 3.05) is 12.3 Å². The summed E-state index contributed by atoms with van der Waals surface area (Å²) in [7, 11) is 0. The van der Waals surface area contributed by atoms with Crippen LogP contribution in [0.2, 0.25) is 0 Å². The van der Waals surface area contributed by atoms with Crippen LogP contribution in [0, 0.1) is 0 Å². The predicted octanol–water partition coefficient (Wildman–Crippen LogP) is 4.34. The quantitative estimate of drug-likeness (QED) is 0.676. The van der Waals surface area contributed by atoms with E-state index in [2.05, 4.69) is 15.3 Å². The summed E-state index contributed by atoms with van der Waals surface area (Å²) in [5.74, 6) is 0.687. The number of carbonyl (C=O) groups excluding carboxylic acids is 1. The molecule has 0 bridgehead atoms. The number of nitrogens with two attached hydrogens (primary N) is 1. The lowest BCUT2D eigenvalue weighted by Crippen LogP contribution is -2.36. The molecule has 2 aromatic carbocycles. The highest BCUT2D eigenvalue weighted by molar-refractivity contribution is 5.95. The van der Waals surface area contributed by atoms with Gasteiger partial charge in [-0.15, -0.1) is 0 Å². The van der Waals surface area contributed by atoms with Gasteiger partial charge in [0.1, 0.15) is 0 Å². The van der Waals surface area contributed by atoms with Crippen molar-refractivity contribution in [2.24, 2.45) is 0 Å². The first-order chi connectivity index (χ1) is 14.1. The molecule has 3 N–H and O–H groups in total. The highest BCUT2D eigenvalue weighted by atomic mass is 16.5. The predicted molar refractivity (Wildman–Crippen MR) is 115 cm³/mol. The minimum Gasteiger partial charge on any atom is -0.477 e. The second kappa shape index (κ2) is 8.47. The Kier molecular flexibility index (Phi) is 5.60. The maximum atomic E-state index is 12.5. The van der Waals surface area contributed by atoms with Gasteiger partial charge in [-0.05, 0) is 55.2 Å². The molecular weight excluding hydrogens is 364 g/mol. The van der Waals surface area contributed by atoms with E-state index in [1.807, 2.05) is 49.4 Å². The van der Waals surface area contributed by atoms with Crippen LogP contribution in [0.1, 0.15) is 49.4 Å². The van der Waals surface area contributed by atoms with E-state index in [4.69, 9.17) is 10.5 Å². The van der Waals surface area contributed by atoms with E-state index in [-0.39, 0.29) is 11.9 Å². The van der Waals surface area contributed by atoms with Gasteiger partial charge in [0.25, 0.3) is 5.91 Å². The average molecular weight is 390 g/mol. The van der Waals surface area contributed by atoms with Crippen LogP contribution in [0.5, 0.6) is 5.88 Å². The van der Waals surface area contributed by atoms with Gasteiger partial charge in [-0.3, -0.25) is 4.79 Å². The van der Waals surface area contributed by atoms with Crippen LogP contribution >= 0.6 is 0 Å². The van der Waals surface area contributed by atoms with E-state index in [1.165, 1.54) is 19.3 Å². The Bertz CT molecular complexity index is 1010. The summed E-state index contributed by atoms with van der Waals surface area (Å²) in [6.45, 7) is 2.41. The second-order valence-electron chi connectivity index (χ2n) is 7.44. The Labute approximate surface area is 170 Å². The van der Waals surface area contributed by atoms with Gasteiger partial charge in [0.15, 0.2) is 0 Å². The lowest BCUT2D eigenvalue weighted by Gasteiger charge is -2.22. The molecule has 150 valence electrons. The van der Waals surface area contributed by atoms with Crippen molar-refractivity contribution >= 4 is 22.8 Å². The standard InChI is InChI=1S/C23H26N4O2/c1-2-29-22-19-14-17(12-13-20(19)26-23(24)27-22)15-8-10-16(11-9-15)21(28)25-18-6-4-3-5-7-18/h8-14,18H,2-7H2,1H3,(H,25,28)(H2,24,26,27). The number of hydrogen-bond donors (Lipinski definition) is 2. The number of nitrogens with zero attached hydrogens (tertiary/aromatic N) is 2. The van der Waals surface area contributed by atoms with Gasteiger partial charge < -0.3 is 15.8 Å². The molecular formula is C23H26N4O2. The lowest BCUT2D eigenvalue weighted by molar-refractivity contribution is 0.0927. The molecule has 3 aromatic rings. The van der Waals surface area contributed by atoms with E-state index >= 15 is 0 Å². The Morgan fingerprint density at radius 3 is 2.52 bits per heavy atom. The van der Waals surface area contributed by atoms with Gasteiger partial charge in [0.2, 0.25) is 11.8 Å². The van der Waals surface area contributed by atoms with E-state index in [0.29, 0.717) is 24.1 Å². The summed E-state index contributed by atoms with van der Waals surface area (Å²) in [5, 5.41) is 3.98. The molecule has 0 aliphatic heterocycles. The van der Waals surface area contributed by atoms with Gasteiger partial charge in [-0.1, -0.05) is 37.5 Å². The summed E-state index contributed by atoms with van der Waals surface area (Å²) < 4.78 is 5.63. The molecule has 4 rings (SSSR count). The van der Waals surface area contributed by atoms with Gasteiger partial charge in [0, 0.05) is 11.6 Å². The van der Waals surface area contributed by atoms with E-state index in [0.717, 1.165) is 34.9 Å². The number of amides is 1. The highest BCUT2D eigenvalue weighted by Crippen LogP contribution is 2.29. The molecule has 1 aromatic heterocycles. The molecule has 6 heteroatoms. The average Bonchev–Trinajstić information content (AvgIpc) is 2.74. The van der Waals surface area contributed by atoms with Crippen LogP contribution in [-0.2, 0) is 0 Å². The Hall–Kier alpha value is -3.15. The normalized spacial score (nSPS) is 14.7. The topological polar surface area (TPSA) is 90.1 Å². The molecule has 29 heavy (non-hydrogen) atoms. The summed E-state index contributed by atoms with van der Waals surface area (Å²) >= 11 is 0. The number of nitrogen functional groups attached to an aromatic ring is 1. The monoisotopic (exact) mass is 390 g/mol. The number of nitrogens with one attached hydrogen (secondary N) is 1. The van der Waals surface area contributed by atoms with Crippen molar-refractivity contribution in [1.82, 2.24) is 15.3 Å². The molecule has 1 amide bonds. The first-order valence-corrected chi connectivity index (χ1v) is 10.3. The van der Waals surface area contributed by atoms with Gasteiger partial charge >= 0.3 is 0 Å². The van der Waals surface area contributed by atoms with Crippen molar-refractivity contribution in [3.05, 3.63) is 48.0 Å². The molecule has 1 aliphatic carbocycles. The SMILES string of the molecule is CCOc1nc(N)nc2ccc(-c3ccc(C(=O)NC4CCCCC4)cc3)cc12. The summed E-state index contributed by atoms with van der Waals surface area (Å²) in [4.78, 5) is 21.0. The molecule has 0 atom stereocenters. The number of hydrogen-bond acceptors (Lipinski definition) is 5. The molecule has 1 fully saturated rings. The number of ether oxygens (including phenoxy) is 1. The van der Waals surface area contributed by atoms with Gasteiger partial charge in [-0.25, -0.2) is 4.98 Å². The lowest BCUT2D eigenvalue weighted by atomic mass is 9.95. The minimum atomic E-state index is 0.00414. The van der Waals surface area contributed by atoms with Crippen molar-refractivity contribution in [1.29, 1.82) is 0 Å². The van der Waals surface area contributed by atoms with E-state index in [1.54, 1.807) is 0 Å². The van der Waals surface area contributed by atoms with Crippen LogP contribution in [0.15, 0.2) is 42.5 Å². The number of aromatic nitrogens is 2. The first-order valence-electron chi connectivity index (χ1n) is 10.3. The van der Waals surface area contributed by atoms with Crippen molar-refractivity contribution < 1.29 is 9.53 Å². The molecule has 0 radical (unpaired) electrons. The molecule has 1 aliphatic rings. The number of fused-ring (bicyclic) bond motifs is 1. The van der Waals surface area contributed by atoms with Gasteiger partial charge in [-0.2, -0.15) is 4.98 Å². The number of carbonyl (C=O) groups is 1. The smallest absolute Gasteiger partial charge is 0.251 e. The van der Waals surface area contributed by atoms with E-state index in [9.17, 15) is 4.79 Å². The zero-order chi connectivity index (χ0) is 20.2. The minimum absolute atomic E-state index is 0.00414. The molecule has 1 saturated carbocycles. The second-order valence-corrected chi connectivity index (χ2v) is 7.44. The number of rotatable bonds is 5. The Morgan fingerprint density at radius 2 is 1.79 bits per heavy atom. The van der Waals surface area contributed by atoms with Crippen LogP contribution in [0.4, 0.5) is 5.95 Å². The fraction of sp³-hybridized carbons (Fsp3) is 0.348. The fourth-order valence-corrected chi connectivity index (χ4v) is 3.87. The van der Waals surface area contributed by atoms with E-state index < -0.39 is 0 Å². The third kappa shape index (κ3) is 4.31. The summed E-state index contributed by atoms with van der Waals surface area (Å²) in [6.07, 6.45) is 5.83. The van der Waals surface area contributed by atoms with Crippen LogP contribution in [0.25, 0.3) is 22.0 Å². The number of benzene rings is 2. The maximum Gasteiger partial charge on any atom is 0.251 e. The highest BCUT2D eigenvalue weighted by Gasteiger charge is 2.16. The largest absolute Gasteiger partial charge is 0.477 e. The van der Waals surface area contributed by atoms with Gasteiger partial charge in [0.05, 0.1) is 17.5 Å². The molecule has 0 spiro atoms. The zero-order valence-corrected chi connectivity index (χ0v) is 16.6. The maximum absolute atomic E-state index is 12.5. The Balaban J connectivity index is 1.56. The Morgan fingerprint density at radius 1 is 1.07 bits per heavy atom. The van der Waals surface area contributed by atoms with Crippen LogP contribution in [0.3, 0.4) is 0 Å². The third-order valence-corrected chi connectivity index (χ3v) is 5.38. The zero-order valence-electron chi connectivity index (χ0n) is 16.6.